The molecule has 1 aromatic heterocycles. The van der Waals surface area contributed by atoms with Gasteiger partial charge >= 0.3 is 6.01 Å². The van der Waals surface area contributed by atoms with E-state index in [1.54, 1.807) is 14.2 Å². The van der Waals surface area contributed by atoms with Crippen LogP contribution in [0.1, 0.15) is 36.3 Å². The number of methoxy groups -OCH3 is 2. The number of aryl methyl sites for hydroxylation is 1. The van der Waals surface area contributed by atoms with Crippen LogP contribution in [0.5, 0.6) is 6.01 Å². The van der Waals surface area contributed by atoms with Gasteiger partial charge in [-0.2, -0.15) is 4.98 Å². The van der Waals surface area contributed by atoms with Crippen molar-refractivity contribution in [2.24, 2.45) is 7.05 Å². The predicted octanol–water partition coefficient (Wildman–Crippen LogP) is 0.511. The highest BCUT2D eigenvalue weighted by molar-refractivity contribution is 5.90. The molecule has 1 amide bonds. The Morgan fingerprint density at radius 2 is 2.00 bits per heavy atom. The molecule has 0 saturated heterocycles. The lowest BCUT2D eigenvalue weighted by atomic mass is 9.93. The van der Waals surface area contributed by atoms with E-state index in [0.717, 1.165) is 25.7 Å². The Bertz CT molecular complexity index is 438. The number of aromatic nitrogens is 3. The lowest BCUT2D eigenvalue weighted by molar-refractivity contribution is 0.0597. The van der Waals surface area contributed by atoms with Gasteiger partial charge in [-0.15, -0.1) is 5.10 Å². The zero-order valence-corrected chi connectivity index (χ0v) is 11.5. The number of carbonyl (C=O) groups is 1. The quantitative estimate of drug-likeness (QED) is 0.861. The molecule has 19 heavy (non-hydrogen) atoms. The molecule has 1 aliphatic carbocycles. The second-order valence-electron chi connectivity index (χ2n) is 4.73. The minimum atomic E-state index is -0.250. The van der Waals surface area contributed by atoms with Crippen LogP contribution >= 0.6 is 0 Å². The Balaban J connectivity index is 1.90. The lowest BCUT2D eigenvalue weighted by Gasteiger charge is -2.27. The molecule has 0 spiro atoms. The van der Waals surface area contributed by atoms with Gasteiger partial charge in [-0.1, -0.05) is 0 Å². The van der Waals surface area contributed by atoms with Gasteiger partial charge in [-0.05, 0) is 25.7 Å². The maximum Gasteiger partial charge on any atom is 0.314 e. The van der Waals surface area contributed by atoms with Crippen LogP contribution in [0.2, 0.25) is 0 Å². The number of carbonyl (C=O) groups excluding carboxylic acids is 1. The van der Waals surface area contributed by atoms with E-state index in [4.69, 9.17) is 9.47 Å². The number of hydrogen-bond acceptors (Lipinski definition) is 5. The number of amides is 1. The predicted molar refractivity (Wildman–Crippen MR) is 68.1 cm³/mol. The van der Waals surface area contributed by atoms with Crippen molar-refractivity contribution in [1.82, 2.24) is 20.1 Å². The molecule has 0 aromatic carbocycles. The van der Waals surface area contributed by atoms with E-state index in [1.807, 2.05) is 0 Å². The van der Waals surface area contributed by atoms with Crippen molar-refractivity contribution in [3.05, 3.63) is 5.82 Å². The lowest BCUT2D eigenvalue weighted by Crippen LogP contribution is -2.39. The second kappa shape index (κ2) is 6.01. The van der Waals surface area contributed by atoms with Gasteiger partial charge in [-0.3, -0.25) is 4.79 Å². The van der Waals surface area contributed by atoms with Crippen molar-refractivity contribution in [2.45, 2.75) is 37.8 Å². The Kier molecular flexibility index (Phi) is 4.36. The molecule has 1 saturated carbocycles. The van der Waals surface area contributed by atoms with E-state index in [0.29, 0.717) is 12.1 Å². The van der Waals surface area contributed by atoms with E-state index in [-0.39, 0.29) is 17.8 Å². The summed E-state index contributed by atoms with van der Waals surface area (Å²) >= 11 is 0. The highest BCUT2D eigenvalue weighted by Gasteiger charge is 2.24. The average Bonchev–Trinajstić information content (AvgIpc) is 2.81. The summed E-state index contributed by atoms with van der Waals surface area (Å²) in [7, 11) is 4.91. The van der Waals surface area contributed by atoms with Gasteiger partial charge in [0.05, 0.1) is 13.2 Å². The molecule has 1 fully saturated rings. The van der Waals surface area contributed by atoms with Crippen molar-refractivity contribution in [3.63, 3.8) is 0 Å². The van der Waals surface area contributed by atoms with E-state index in [2.05, 4.69) is 15.4 Å². The molecule has 7 heteroatoms. The monoisotopic (exact) mass is 268 g/mol. The Hall–Kier alpha value is -1.63. The highest BCUT2D eigenvalue weighted by atomic mass is 16.5. The number of nitrogens with zero attached hydrogens (tertiary/aromatic N) is 3. The summed E-state index contributed by atoms with van der Waals surface area (Å²) in [5.74, 6) is -0.104. The zero-order chi connectivity index (χ0) is 13.8. The summed E-state index contributed by atoms with van der Waals surface area (Å²) in [5.41, 5.74) is 0. The van der Waals surface area contributed by atoms with Crippen LogP contribution in [-0.2, 0) is 11.8 Å². The molecule has 1 N–H and O–H groups in total. The van der Waals surface area contributed by atoms with Crippen LogP contribution in [0.3, 0.4) is 0 Å². The molecule has 106 valence electrons. The minimum Gasteiger partial charge on any atom is -0.467 e. The first-order valence-corrected chi connectivity index (χ1v) is 6.42. The van der Waals surface area contributed by atoms with Gasteiger partial charge in [0.15, 0.2) is 0 Å². The fourth-order valence-electron chi connectivity index (χ4n) is 2.34. The number of rotatable bonds is 4. The molecular weight excluding hydrogens is 248 g/mol. The largest absolute Gasteiger partial charge is 0.467 e. The number of nitrogens with one attached hydrogen (secondary N) is 1. The van der Waals surface area contributed by atoms with E-state index < -0.39 is 0 Å². The molecule has 1 heterocycles. The molecular formula is C12H20N4O3. The second-order valence-corrected chi connectivity index (χ2v) is 4.73. The molecule has 1 aliphatic rings. The summed E-state index contributed by atoms with van der Waals surface area (Å²) in [4.78, 5) is 16.0. The third-order valence-corrected chi connectivity index (χ3v) is 3.45. The van der Waals surface area contributed by atoms with Crippen molar-refractivity contribution >= 4 is 5.91 Å². The fraction of sp³-hybridized carbons (Fsp3) is 0.750. The van der Waals surface area contributed by atoms with Gasteiger partial charge in [-0.25, -0.2) is 4.68 Å². The summed E-state index contributed by atoms with van der Waals surface area (Å²) < 4.78 is 11.7. The molecule has 2 rings (SSSR count). The zero-order valence-electron chi connectivity index (χ0n) is 11.5. The Morgan fingerprint density at radius 1 is 1.32 bits per heavy atom. The summed E-state index contributed by atoms with van der Waals surface area (Å²) in [6.07, 6.45) is 4.12. The molecule has 0 bridgehead atoms. The van der Waals surface area contributed by atoms with Crippen LogP contribution in [0.4, 0.5) is 0 Å². The van der Waals surface area contributed by atoms with Gasteiger partial charge < -0.3 is 14.8 Å². The average molecular weight is 268 g/mol. The van der Waals surface area contributed by atoms with Gasteiger partial charge in [0.2, 0.25) is 5.82 Å². The minimum absolute atomic E-state index is 0.146. The van der Waals surface area contributed by atoms with Gasteiger partial charge in [0.25, 0.3) is 5.91 Å². The van der Waals surface area contributed by atoms with Crippen molar-refractivity contribution in [2.75, 3.05) is 14.2 Å². The topological polar surface area (TPSA) is 78.3 Å². The van der Waals surface area contributed by atoms with Crippen molar-refractivity contribution in [3.8, 4) is 6.01 Å². The van der Waals surface area contributed by atoms with E-state index >= 15 is 0 Å². The maximum absolute atomic E-state index is 12.0. The smallest absolute Gasteiger partial charge is 0.314 e. The third kappa shape index (κ3) is 3.23. The summed E-state index contributed by atoms with van der Waals surface area (Å²) in [5, 5.41) is 6.98. The van der Waals surface area contributed by atoms with Gasteiger partial charge in [0.1, 0.15) is 0 Å². The normalized spacial score (nSPS) is 23.1. The molecule has 0 radical (unpaired) electrons. The maximum atomic E-state index is 12.0. The van der Waals surface area contributed by atoms with Crippen LogP contribution in [0.25, 0.3) is 0 Å². The molecule has 0 unspecified atom stereocenters. The molecule has 7 nitrogen and oxygen atoms in total. The van der Waals surface area contributed by atoms with Crippen molar-refractivity contribution in [1.29, 1.82) is 0 Å². The van der Waals surface area contributed by atoms with Crippen LogP contribution in [0, 0.1) is 0 Å². The first-order chi connectivity index (χ1) is 9.13. The van der Waals surface area contributed by atoms with E-state index in [1.165, 1.54) is 11.8 Å². The Labute approximate surface area is 112 Å². The highest BCUT2D eigenvalue weighted by Crippen LogP contribution is 2.20. The van der Waals surface area contributed by atoms with Crippen LogP contribution < -0.4 is 10.1 Å². The number of hydrogen-bond donors (Lipinski definition) is 1. The summed E-state index contributed by atoms with van der Waals surface area (Å²) in [6, 6.07) is 0.502. The third-order valence-electron chi connectivity index (χ3n) is 3.45. The molecule has 1 aromatic rings. The molecule has 0 aliphatic heterocycles. The standard InChI is InChI=1S/C12H20N4O3/c1-16-12(19-3)14-10(15-16)11(17)13-8-4-6-9(18-2)7-5-8/h8-9H,4-7H2,1-3H3,(H,13,17). The first-order valence-electron chi connectivity index (χ1n) is 6.42. The Morgan fingerprint density at radius 3 is 2.53 bits per heavy atom. The first kappa shape index (κ1) is 13.8. The van der Waals surface area contributed by atoms with Gasteiger partial charge in [0, 0.05) is 20.2 Å². The van der Waals surface area contributed by atoms with Crippen molar-refractivity contribution < 1.29 is 14.3 Å². The molecule has 0 atom stereocenters. The SMILES string of the molecule is COc1nc(C(=O)NC2CCC(OC)CC2)nn1C. The van der Waals surface area contributed by atoms with Crippen LogP contribution in [-0.4, -0.2) is 47.0 Å². The van der Waals surface area contributed by atoms with E-state index in [9.17, 15) is 4.79 Å². The number of ether oxygens (including phenoxy) is 2. The van der Waals surface area contributed by atoms with Crippen LogP contribution in [0.15, 0.2) is 0 Å². The fourth-order valence-corrected chi connectivity index (χ4v) is 2.34. The summed E-state index contributed by atoms with van der Waals surface area (Å²) in [6.45, 7) is 0.